The molecule has 0 bridgehead atoms. The third-order valence-corrected chi connectivity index (χ3v) is 10.7. The smallest absolute Gasteiger partial charge is 0.244 e. The van der Waals surface area contributed by atoms with Gasteiger partial charge in [-0.15, -0.1) is 0 Å². The Morgan fingerprint density at radius 3 is 1.09 bits per heavy atom. The van der Waals surface area contributed by atoms with Crippen molar-refractivity contribution in [1.29, 1.82) is 0 Å². The monoisotopic (exact) mass is 586 g/mol. The van der Waals surface area contributed by atoms with Crippen LogP contribution in [0.4, 0.5) is 0 Å². The van der Waals surface area contributed by atoms with Crippen molar-refractivity contribution in [2.45, 2.75) is 142 Å². The Kier molecular flexibility index (Phi) is 31.6. The lowest BCUT2D eigenvalue weighted by molar-refractivity contribution is 0.284. The maximum atomic E-state index is 5.78. The molecule has 2 nitrogen and oxygen atoms in total. The lowest BCUT2D eigenvalue weighted by Crippen LogP contribution is -1.99. The normalized spacial score (nSPS) is 12.0. The number of thioether (sulfide) groups is 2. The third kappa shape index (κ3) is 31.7. The molecule has 7 heteroatoms. The highest BCUT2D eigenvalue weighted by Crippen LogP contribution is 2.53. The van der Waals surface area contributed by atoms with Crippen LogP contribution in [0.1, 0.15) is 142 Å². The molecular weight excluding hydrogens is 528 g/mol. The molecule has 0 radical (unpaired) electrons. The lowest BCUT2D eigenvalue weighted by atomic mass is 10.1. The van der Waals surface area contributed by atoms with Crippen molar-refractivity contribution in [3.8, 4) is 0 Å². The van der Waals surface area contributed by atoms with Gasteiger partial charge in [-0.05, 0) is 36.2 Å². The van der Waals surface area contributed by atoms with Gasteiger partial charge in [0.2, 0.25) is 5.69 Å². The zero-order valence-corrected chi connectivity index (χ0v) is 27.6. The highest BCUT2D eigenvalue weighted by Gasteiger charge is 2.12. The minimum absolute atomic E-state index is 0.662. The lowest BCUT2D eigenvalue weighted by Gasteiger charge is -2.16. The molecule has 0 saturated carbocycles. The van der Waals surface area contributed by atoms with Gasteiger partial charge < -0.3 is 9.05 Å². The van der Waals surface area contributed by atoms with Crippen LogP contribution in [0, 0.1) is 0 Å². The molecule has 0 aliphatic carbocycles. The Labute approximate surface area is 239 Å². The van der Waals surface area contributed by atoms with Crippen molar-refractivity contribution in [2.75, 3.05) is 36.2 Å². The van der Waals surface area contributed by atoms with Gasteiger partial charge in [-0.25, -0.2) is 0 Å². The van der Waals surface area contributed by atoms with E-state index >= 15 is 0 Å². The summed E-state index contributed by atoms with van der Waals surface area (Å²) in [6.07, 6.45) is 28.0. The van der Waals surface area contributed by atoms with E-state index in [1.165, 1.54) is 140 Å². The van der Waals surface area contributed by atoms with Gasteiger partial charge in [0.15, 0.2) is 0 Å². The van der Waals surface area contributed by atoms with E-state index in [1.54, 1.807) is 0 Å². The average Bonchev–Trinajstić information content (AvgIpc) is 2.84. The van der Waals surface area contributed by atoms with E-state index in [9.17, 15) is 0 Å². The quantitative estimate of drug-likeness (QED) is 0.0511. The molecular formula is C28H59O2PS4. The van der Waals surface area contributed by atoms with Crippen LogP contribution in [0.3, 0.4) is 0 Å². The Morgan fingerprint density at radius 1 is 0.486 bits per heavy atom. The topological polar surface area (TPSA) is 18.5 Å². The highest BCUT2D eigenvalue weighted by atomic mass is 32.9. The summed E-state index contributed by atoms with van der Waals surface area (Å²) in [6, 6.07) is 0. The molecule has 0 aromatic rings. The molecule has 0 aliphatic rings. The van der Waals surface area contributed by atoms with Crippen LogP contribution in [0.2, 0.25) is 0 Å². The fraction of sp³-hybridized carbons (Fsp3) is 1.00. The minimum atomic E-state index is -2.36. The number of rotatable bonds is 30. The molecule has 0 saturated heterocycles. The van der Waals surface area contributed by atoms with E-state index in [-0.39, 0.29) is 0 Å². The van der Waals surface area contributed by atoms with Gasteiger partial charge in [0.05, 0.1) is 13.2 Å². The third-order valence-electron chi connectivity index (χ3n) is 6.25. The first-order valence-electron chi connectivity index (χ1n) is 14.9. The van der Waals surface area contributed by atoms with Crippen molar-refractivity contribution < 1.29 is 9.05 Å². The van der Waals surface area contributed by atoms with Crippen molar-refractivity contribution in [3.63, 3.8) is 0 Å². The Bertz CT molecular complexity index is 419. The Morgan fingerprint density at radius 2 is 0.771 bits per heavy atom. The molecule has 212 valence electrons. The van der Waals surface area contributed by atoms with Gasteiger partial charge in [0.1, 0.15) is 0 Å². The van der Waals surface area contributed by atoms with Crippen LogP contribution in [0.25, 0.3) is 0 Å². The van der Waals surface area contributed by atoms with E-state index < -0.39 is 5.69 Å². The Hall–Kier alpha value is 1.62. The van der Waals surface area contributed by atoms with Crippen LogP contribution in [-0.4, -0.2) is 36.2 Å². The molecule has 0 N–H and O–H groups in total. The summed E-state index contributed by atoms with van der Waals surface area (Å²) in [7, 11) is 0. The fourth-order valence-corrected chi connectivity index (χ4v) is 7.58. The van der Waals surface area contributed by atoms with E-state index in [4.69, 9.17) is 20.9 Å². The second-order valence-corrected chi connectivity index (χ2v) is 17.5. The highest BCUT2D eigenvalue weighted by molar-refractivity contribution is 8.60. The summed E-state index contributed by atoms with van der Waals surface area (Å²) in [5.74, 6) is 4.44. The summed E-state index contributed by atoms with van der Waals surface area (Å²) in [5.41, 5.74) is -2.36. The fourth-order valence-electron chi connectivity index (χ4n) is 4.05. The maximum Gasteiger partial charge on any atom is 0.244 e. The molecule has 0 fully saturated rings. The molecule has 0 heterocycles. The van der Waals surface area contributed by atoms with Crippen molar-refractivity contribution in [2.24, 2.45) is 0 Å². The first kappa shape index (κ1) is 36.6. The molecule has 35 heavy (non-hydrogen) atoms. The van der Waals surface area contributed by atoms with Gasteiger partial charge in [-0.1, -0.05) is 142 Å². The predicted octanol–water partition coefficient (Wildman–Crippen LogP) is 11.5. The average molecular weight is 587 g/mol. The van der Waals surface area contributed by atoms with Crippen molar-refractivity contribution in [3.05, 3.63) is 0 Å². The predicted molar refractivity (Wildman–Crippen MR) is 174 cm³/mol. The van der Waals surface area contributed by atoms with Gasteiger partial charge in [-0.2, -0.15) is 23.5 Å². The molecule has 0 aromatic carbocycles. The van der Waals surface area contributed by atoms with Crippen LogP contribution >= 0.6 is 41.5 Å². The largest absolute Gasteiger partial charge is 0.321 e. The summed E-state index contributed by atoms with van der Waals surface area (Å²) in [6.45, 7) is 5.89. The summed E-state index contributed by atoms with van der Waals surface area (Å²) < 4.78 is 11.6. The number of hydrogen-bond acceptors (Lipinski definition) is 5. The second kappa shape index (κ2) is 30.2. The first-order chi connectivity index (χ1) is 17.1. The summed E-state index contributed by atoms with van der Waals surface area (Å²) in [5, 5.41) is 0. The molecule has 0 spiro atoms. The molecule has 0 unspecified atom stereocenters. The van der Waals surface area contributed by atoms with Gasteiger partial charge in [0.25, 0.3) is 0 Å². The van der Waals surface area contributed by atoms with Crippen LogP contribution in [-0.2, 0) is 20.9 Å². The zero-order chi connectivity index (χ0) is 25.7. The minimum Gasteiger partial charge on any atom is -0.321 e. The van der Waals surface area contributed by atoms with Gasteiger partial charge in [-0.3, -0.25) is 0 Å². The van der Waals surface area contributed by atoms with Crippen LogP contribution in [0.5, 0.6) is 0 Å². The first-order valence-corrected chi connectivity index (χ1v) is 21.0. The SMILES string of the molecule is CCCCCCCCCCCCSCCOP(=S)(S)OCCSCCCCCCCCCCCC. The van der Waals surface area contributed by atoms with E-state index in [0.717, 1.165) is 11.5 Å². The molecule has 0 aliphatic heterocycles. The number of unbranched alkanes of at least 4 members (excludes halogenated alkanes) is 18. The standard InChI is InChI=1S/C28H59O2PS4/c1-3-5-7-9-11-13-15-17-19-21-25-34-27-23-29-31(32,33)30-24-28-35-26-22-20-18-16-14-12-10-8-6-4-2/h3-28H2,1-2H3,(H,32,33). The molecule has 0 aromatic heterocycles. The molecule has 0 rings (SSSR count). The second-order valence-electron chi connectivity index (χ2n) is 9.72. The zero-order valence-electron chi connectivity index (χ0n) is 23.3. The Balaban J connectivity index is 3.28. The van der Waals surface area contributed by atoms with Crippen LogP contribution < -0.4 is 0 Å². The van der Waals surface area contributed by atoms with E-state index in [1.807, 2.05) is 23.5 Å². The van der Waals surface area contributed by atoms with Gasteiger partial charge >= 0.3 is 0 Å². The van der Waals surface area contributed by atoms with Crippen molar-refractivity contribution >= 4 is 53.3 Å². The van der Waals surface area contributed by atoms with E-state index in [0.29, 0.717) is 13.2 Å². The van der Waals surface area contributed by atoms with Gasteiger partial charge in [0, 0.05) is 11.5 Å². The maximum absolute atomic E-state index is 5.78. The number of thiol groups is 1. The number of hydrogen-bond donors (Lipinski definition) is 1. The summed E-state index contributed by atoms with van der Waals surface area (Å²) >= 11 is 13.9. The van der Waals surface area contributed by atoms with E-state index in [2.05, 4.69) is 26.1 Å². The molecule has 0 amide bonds. The van der Waals surface area contributed by atoms with Crippen molar-refractivity contribution in [1.82, 2.24) is 0 Å². The molecule has 0 atom stereocenters. The van der Waals surface area contributed by atoms with Crippen LogP contribution in [0.15, 0.2) is 0 Å². The summed E-state index contributed by atoms with van der Waals surface area (Å²) in [4.78, 5) is 0.